The Morgan fingerprint density at radius 2 is 1.78 bits per heavy atom. The molecule has 6 heteroatoms. The van der Waals surface area contributed by atoms with Crippen molar-refractivity contribution >= 4 is 29.1 Å². The monoisotopic (exact) mass is 331 g/mol. The van der Waals surface area contributed by atoms with Crippen LogP contribution in [-0.4, -0.2) is 30.3 Å². The number of hydrogen-bond donors (Lipinski definition) is 2. The number of halogens is 1. The van der Waals surface area contributed by atoms with Crippen molar-refractivity contribution in [3.8, 4) is 0 Å². The minimum Gasteiger partial charge on any atom is -0.366 e. The highest BCUT2D eigenvalue weighted by atomic mass is 35.5. The van der Waals surface area contributed by atoms with Gasteiger partial charge in [0.25, 0.3) is 0 Å². The number of nitrogens with one attached hydrogen (secondary N) is 1. The van der Waals surface area contributed by atoms with E-state index in [-0.39, 0.29) is 12.5 Å². The highest BCUT2D eigenvalue weighted by molar-refractivity contribution is 6.31. The second-order valence-electron chi connectivity index (χ2n) is 5.25. The van der Waals surface area contributed by atoms with Crippen molar-refractivity contribution in [1.29, 1.82) is 0 Å². The zero-order valence-corrected chi connectivity index (χ0v) is 13.5. The highest BCUT2D eigenvalue weighted by Gasteiger charge is 2.09. The second kappa shape index (κ2) is 7.76. The molecule has 120 valence electrons. The Balaban J connectivity index is 1.89. The zero-order valence-electron chi connectivity index (χ0n) is 12.8. The van der Waals surface area contributed by atoms with Crippen LogP contribution in [0.5, 0.6) is 0 Å². The van der Waals surface area contributed by atoms with Gasteiger partial charge in [0.05, 0.1) is 6.54 Å². The average molecular weight is 332 g/mol. The largest absolute Gasteiger partial charge is 0.366 e. The van der Waals surface area contributed by atoms with E-state index in [1.807, 2.05) is 36.2 Å². The van der Waals surface area contributed by atoms with Crippen molar-refractivity contribution < 1.29 is 9.59 Å². The quantitative estimate of drug-likeness (QED) is 0.854. The van der Waals surface area contributed by atoms with E-state index < -0.39 is 5.91 Å². The number of anilines is 1. The van der Waals surface area contributed by atoms with E-state index in [2.05, 4.69) is 5.32 Å². The van der Waals surface area contributed by atoms with Crippen molar-refractivity contribution in [1.82, 2.24) is 4.90 Å². The summed E-state index contributed by atoms with van der Waals surface area (Å²) in [6.07, 6.45) is 0. The van der Waals surface area contributed by atoms with Gasteiger partial charge in [-0.1, -0.05) is 29.8 Å². The number of benzene rings is 2. The summed E-state index contributed by atoms with van der Waals surface area (Å²) in [5, 5.41) is 3.46. The van der Waals surface area contributed by atoms with Crippen LogP contribution in [0.25, 0.3) is 0 Å². The van der Waals surface area contributed by atoms with E-state index in [0.29, 0.717) is 22.8 Å². The van der Waals surface area contributed by atoms with Crippen molar-refractivity contribution in [3.63, 3.8) is 0 Å². The molecule has 2 aromatic carbocycles. The maximum atomic E-state index is 12.0. The molecule has 0 heterocycles. The topological polar surface area (TPSA) is 75.4 Å². The molecule has 3 N–H and O–H groups in total. The summed E-state index contributed by atoms with van der Waals surface area (Å²) in [5.74, 6) is -0.645. The molecule has 23 heavy (non-hydrogen) atoms. The van der Waals surface area contributed by atoms with Crippen LogP contribution in [0, 0.1) is 0 Å². The van der Waals surface area contributed by atoms with Gasteiger partial charge in [-0.15, -0.1) is 0 Å². The Bertz CT molecular complexity index is 701. The van der Waals surface area contributed by atoms with Crippen LogP contribution in [0.3, 0.4) is 0 Å². The number of nitrogens with two attached hydrogens (primary N) is 1. The summed E-state index contributed by atoms with van der Waals surface area (Å²) < 4.78 is 0. The predicted molar refractivity (Wildman–Crippen MR) is 91.4 cm³/mol. The standard InChI is InChI=1S/C17H18ClN3O2/c1-21(10-13-4-2-3-5-15(13)18)11-16(22)20-14-8-6-12(7-9-14)17(19)23/h2-9H,10-11H2,1H3,(H2,19,23)(H,20,22). The van der Waals surface area contributed by atoms with Crippen LogP contribution >= 0.6 is 11.6 Å². The zero-order chi connectivity index (χ0) is 16.8. The lowest BCUT2D eigenvalue weighted by molar-refractivity contribution is -0.117. The number of rotatable bonds is 6. The number of amides is 2. The molecule has 0 spiro atoms. The van der Waals surface area contributed by atoms with Gasteiger partial charge in [0.15, 0.2) is 0 Å². The Labute approximate surface area is 140 Å². The summed E-state index contributed by atoms with van der Waals surface area (Å²) in [5.41, 5.74) is 7.16. The molecule has 0 bridgehead atoms. The maximum Gasteiger partial charge on any atom is 0.248 e. The van der Waals surface area contributed by atoms with Crippen molar-refractivity contribution in [3.05, 3.63) is 64.7 Å². The molecule has 0 aliphatic heterocycles. The molecule has 0 radical (unpaired) electrons. The van der Waals surface area contributed by atoms with Gasteiger partial charge >= 0.3 is 0 Å². The fourth-order valence-corrected chi connectivity index (χ4v) is 2.33. The maximum absolute atomic E-state index is 12.0. The van der Waals surface area contributed by atoms with Crippen molar-refractivity contribution in [2.75, 3.05) is 18.9 Å². The van der Waals surface area contributed by atoms with E-state index in [1.54, 1.807) is 24.3 Å². The van der Waals surface area contributed by atoms with E-state index in [0.717, 1.165) is 5.56 Å². The fourth-order valence-electron chi connectivity index (χ4n) is 2.14. The van der Waals surface area contributed by atoms with Gasteiger partial charge in [-0.25, -0.2) is 0 Å². The van der Waals surface area contributed by atoms with Gasteiger partial charge in [0.2, 0.25) is 11.8 Å². The molecular formula is C17H18ClN3O2. The molecule has 0 aliphatic carbocycles. The minimum atomic E-state index is -0.498. The lowest BCUT2D eigenvalue weighted by Crippen LogP contribution is -2.29. The fraction of sp³-hybridized carbons (Fsp3) is 0.176. The van der Waals surface area contributed by atoms with Gasteiger partial charge in [0.1, 0.15) is 0 Å². The molecule has 2 amide bonds. The molecule has 2 rings (SSSR count). The third-order valence-corrected chi connectivity index (χ3v) is 3.63. The SMILES string of the molecule is CN(CC(=O)Nc1ccc(C(N)=O)cc1)Cc1ccccc1Cl. The van der Waals surface area contributed by atoms with Crippen LogP contribution in [0.4, 0.5) is 5.69 Å². The van der Waals surface area contributed by atoms with Crippen LogP contribution in [0.1, 0.15) is 15.9 Å². The Morgan fingerprint density at radius 3 is 2.39 bits per heavy atom. The first-order valence-electron chi connectivity index (χ1n) is 7.07. The number of hydrogen-bond acceptors (Lipinski definition) is 3. The summed E-state index contributed by atoms with van der Waals surface area (Å²) in [6, 6.07) is 14.0. The van der Waals surface area contributed by atoms with Gasteiger partial charge < -0.3 is 11.1 Å². The molecule has 0 saturated carbocycles. The Kier molecular flexibility index (Phi) is 5.73. The highest BCUT2D eigenvalue weighted by Crippen LogP contribution is 2.16. The predicted octanol–water partition coefficient (Wildman–Crippen LogP) is 2.51. The summed E-state index contributed by atoms with van der Waals surface area (Å²) in [6.45, 7) is 0.802. The van der Waals surface area contributed by atoms with Gasteiger partial charge in [0, 0.05) is 22.8 Å². The Morgan fingerprint density at radius 1 is 1.13 bits per heavy atom. The number of primary amides is 1. The summed E-state index contributed by atoms with van der Waals surface area (Å²) in [4.78, 5) is 24.9. The van der Waals surface area contributed by atoms with E-state index in [4.69, 9.17) is 17.3 Å². The molecule has 5 nitrogen and oxygen atoms in total. The summed E-state index contributed by atoms with van der Waals surface area (Å²) in [7, 11) is 1.85. The second-order valence-corrected chi connectivity index (χ2v) is 5.66. The van der Waals surface area contributed by atoms with E-state index in [1.165, 1.54) is 0 Å². The first-order chi connectivity index (χ1) is 11.0. The van der Waals surface area contributed by atoms with Crippen molar-refractivity contribution in [2.24, 2.45) is 5.73 Å². The first kappa shape index (κ1) is 17.0. The minimum absolute atomic E-state index is 0.147. The van der Waals surface area contributed by atoms with Crippen LogP contribution in [0.2, 0.25) is 5.02 Å². The summed E-state index contributed by atoms with van der Waals surface area (Å²) >= 11 is 6.11. The number of carbonyl (C=O) groups is 2. The number of carbonyl (C=O) groups excluding carboxylic acids is 2. The molecule has 0 unspecified atom stereocenters. The van der Waals surface area contributed by atoms with E-state index >= 15 is 0 Å². The average Bonchev–Trinajstić information content (AvgIpc) is 2.50. The molecule has 0 saturated heterocycles. The first-order valence-corrected chi connectivity index (χ1v) is 7.45. The molecule has 0 fully saturated rings. The van der Waals surface area contributed by atoms with Crippen LogP contribution < -0.4 is 11.1 Å². The van der Waals surface area contributed by atoms with Gasteiger partial charge in [-0.05, 0) is 42.9 Å². The van der Waals surface area contributed by atoms with Crippen LogP contribution in [-0.2, 0) is 11.3 Å². The Hall–Kier alpha value is -2.37. The van der Waals surface area contributed by atoms with Crippen molar-refractivity contribution in [2.45, 2.75) is 6.54 Å². The third kappa shape index (κ3) is 5.09. The molecule has 0 aliphatic rings. The smallest absolute Gasteiger partial charge is 0.248 e. The lowest BCUT2D eigenvalue weighted by Gasteiger charge is -2.17. The number of nitrogens with zero attached hydrogens (tertiary/aromatic N) is 1. The number of likely N-dealkylation sites (N-methyl/N-ethyl adjacent to an activating group) is 1. The molecule has 0 atom stereocenters. The lowest BCUT2D eigenvalue weighted by atomic mass is 10.2. The van der Waals surface area contributed by atoms with Gasteiger partial charge in [-0.3, -0.25) is 14.5 Å². The molecule has 2 aromatic rings. The van der Waals surface area contributed by atoms with E-state index in [9.17, 15) is 9.59 Å². The molecular weight excluding hydrogens is 314 g/mol. The van der Waals surface area contributed by atoms with Gasteiger partial charge in [-0.2, -0.15) is 0 Å². The third-order valence-electron chi connectivity index (χ3n) is 3.26. The normalized spacial score (nSPS) is 10.6. The van der Waals surface area contributed by atoms with Crippen LogP contribution in [0.15, 0.2) is 48.5 Å². The molecule has 0 aromatic heterocycles.